The van der Waals surface area contributed by atoms with Crippen LogP contribution < -0.4 is 15.3 Å². The number of rotatable bonds is 18. The Morgan fingerprint density at radius 2 is 1.16 bits per heavy atom. The highest BCUT2D eigenvalue weighted by atomic mass is 16.4. The van der Waals surface area contributed by atoms with E-state index in [0.29, 0.717) is 50.3 Å². The fraction of sp³-hybridized carbons (Fsp3) is 0.400. The van der Waals surface area contributed by atoms with Crippen LogP contribution in [0.1, 0.15) is 52.4 Å². The van der Waals surface area contributed by atoms with E-state index in [4.69, 9.17) is 0 Å². The summed E-state index contributed by atoms with van der Waals surface area (Å²) >= 11 is 0. The van der Waals surface area contributed by atoms with Gasteiger partial charge in [-0.25, -0.2) is 0 Å². The number of carboxylic acid groups (broad SMARTS) is 3. The van der Waals surface area contributed by atoms with Gasteiger partial charge in [0.15, 0.2) is 0 Å². The molecule has 0 saturated carbocycles. The van der Waals surface area contributed by atoms with Gasteiger partial charge in [-0.1, -0.05) is 85.8 Å². The summed E-state index contributed by atoms with van der Waals surface area (Å²) in [6, 6.07) is 31.0. The second-order valence-corrected chi connectivity index (χ2v) is 17.7. The second-order valence-electron chi connectivity index (χ2n) is 17.7. The minimum atomic E-state index is -1.64. The molecule has 1 aliphatic heterocycles. The first-order valence-electron chi connectivity index (χ1n) is 23.0. The Labute approximate surface area is 396 Å². The highest BCUT2D eigenvalue weighted by Gasteiger charge is 2.30. The smallest absolute Gasteiger partial charge is 0.480 e. The molecule has 1 saturated heterocycles. The number of amides is 2. The average molecular weight is 933 g/mol. The first-order valence-corrected chi connectivity index (χ1v) is 23.0. The van der Waals surface area contributed by atoms with Gasteiger partial charge >= 0.3 is 30.9 Å². The fourth-order valence-electron chi connectivity index (χ4n) is 9.32. The molecule has 6 rings (SSSR count). The van der Waals surface area contributed by atoms with Gasteiger partial charge in [0.1, 0.15) is 7.05 Å². The lowest BCUT2D eigenvalue weighted by atomic mass is 9.70. The van der Waals surface area contributed by atoms with Crippen molar-refractivity contribution in [2.75, 3.05) is 92.1 Å². The molecule has 0 spiro atoms. The van der Waals surface area contributed by atoms with Crippen LogP contribution in [0.25, 0.3) is 21.7 Å². The molecule has 0 aliphatic carbocycles. The van der Waals surface area contributed by atoms with Gasteiger partial charge in [0, 0.05) is 83.9 Å². The molecule has 2 heterocycles. The van der Waals surface area contributed by atoms with Crippen molar-refractivity contribution in [2.45, 2.75) is 31.7 Å². The van der Waals surface area contributed by atoms with Crippen LogP contribution in [0.2, 0.25) is 0 Å². The number of benzene rings is 4. The van der Waals surface area contributed by atoms with Crippen LogP contribution in [0.3, 0.4) is 0 Å². The van der Waals surface area contributed by atoms with Crippen LogP contribution in [0, 0.1) is 0 Å². The van der Waals surface area contributed by atoms with Crippen molar-refractivity contribution in [1.29, 1.82) is 0 Å². The van der Waals surface area contributed by atoms with E-state index in [9.17, 15) is 49.3 Å². The Balaban J connectivity index is 1.18. The third-order valence-corrected chi connectivity index (χ3v) is 13.0. The molecule has 18 heteroatoms. The summed E-state index contributed by atoms with van der Waals surface area (Å²) in [4.78, 5) is 71.9. The molecule has 0 radical (unpaired) electrons. The third-order valence-electron chi connectivity index (χ3n) is 13.0. The maximum Gasteiger partial charge on any atom is 0.488 e. The minimum absolute atomic E-state index is 0.00551. The molecular weight excluding hydrogens is 869 g/mol. The van der Waals surface area contributed by atoms with Crippen molar-refractivity contribution in [3.8, 4) is 0 Å². The molecule has 2 amide bonds. The van der Waals surface area contributed by atoms with E-state index in [2.05, 4.69) is 24.4 Å². The van der Waals surface area contributed by atoms with Crippen LogP contribution in [0.15, 0.2) is 97.1 Å². The Bertz CT molecular complexity index is 2530. The predicted octanol–water partition coefficient (Wildman–Crippen LogP) is 1.64. The molecule has 1 fully saturated rings. The van der Waals surface area contributed by atoms with Crippen LogP contribution in [-0.2, 0) is 32.8 Å². The summed E-state index contributed by atoms with van der Waals surface area (Å²) in [7, 11) is 1.93. The van der Waals surface area contributed by atoms with E-state index in [1.165, 1.54) is 0 Å². The quantitative estimate of drug-likeness (QED) is 0.0419. The number of carbonyl (C=O) groups is 5. The maximum absolute atomic E-state index is 14.3. The van der Waals surface area contributed by atoms with E-state index in [1.807, 2.05) is 89.3 Å². The first kappa shape index (κ1) is 51.1. The lowest BCUT2D eigenvalue weighted by molar-refractivity contribution is -0.645. The number of nitrogens with zero attached hydrogens (tertiary/aromatic N) is 6. The number of fused-ring (bicyclic) bond motifs is 3. The molecule has 17 nitrogen and oxygen atoms in total. The summed E-state index contributed by atoms with van der Waals surface area (Å²) < 4.78 is 1.88. The summed E-state index contributed by atoms with van der Waals surface area (Å²) in [5.74, 6) is -3.64. The predicted molar refractivity (Wildman–Crippen MR) is 259 cm³/mol. The van der Waals surface area contributed by atoms with Crippen molar-refractivity contribution in [1.82, 2.24) is 29.8 Å². The van der Waals surface area contributed by atoms with Crippen LogP contribution in [0.5, 0.6) is 0 Å². The summed E-state index contributed by atoms with van der Waals surface area (Å²) in [6.45, 7) is 4.34. The molecule has 2 atom stereocenters. The van der Waals surface area contributed by atoms with Gasteiger partial charge in [-0.05, 0) is 52.5 Å². The second kappa shape index (κ2) is 24.1. The fourth-order valence-corrected chi connectivity index (χ4v) is 9.32. The zero-order valence-electron chi connectivity index (χ0n) is 39.0. The number of hydrogen-bond donors (Lipinski definition) is 6. The molecule has 5 aromatic rings. The molecular formula is C50H63BN7O10+. The number of nitrogens with one attached hydrogen (secondary N) is 1. The number of hydrogen-bond acceptors (Lipinski definition) is 11. The van der Waals surface area contributed by atoms with E-state index in [0.717, 1.165) is 38.4 Å². The minimum Gasteiger partial charge on any atom is -0.480 e. The largest absolute Gasteiger partial charge is 0.488 e. The first-order chi connectivity index (χ1) is 32.6. The van der Waals surface area contributed by atoms with E-state index in [-0.39, 0.29) is 82.6 Å². The zero-order valence-corrected chi connectivity index (χ0v) is 39.0. The highest BCUT2D eigenvalue weighted by molar-refractivity contribution is 6.59. The van der Waals surface area contributed by atoms with Crippen molar-refractivity contribution >= 4 is 64.0 Å². The number of aryl methyl sites for hydroxylation is 1. The summed E-state index contributed by atoms with van der Waals surface area (Å²) in [5, 5.41) is 54.9. The molecule has 4 aromatic carbocycles. The van der Waals surface area contributed by atoms with Crippen LogP contribution in [0.4, 0.5) is 0 Å². The van der Waals surface area contributed by atoms with Crippen molar-refractivity contribution in [3.63, 3.8) is 0 Å². The number of carboxylic acids is 3. The van der Waals surface area contributed by atoms with E-state index in [1.54, 1.807) is 38.8 Å². The number of aliphatic carboxylic acids is 3. The van der Waals surface area contributed by atoms with Gasteiger partial charge < -0.3 is 35.6 Å². The molecule has 0 bridgehead atoms. The van der Waals surface area contributed by atoms with Gasteiger partial charge in [-0.15, -0.1) is 0 Å². The Kier molecular flexibility index (Phi) is 18.1. The van der Waals surface area contributed by atoms with Gasteiger partial charge in [0.25, 0.3) is 5.69 Å². The number of carbonyl (C=O) groups excluding carboxylic acids is 2. The monoisotopic (exact) mass is 932 g/mol. The Morgan fingerprint density at radius 3 is 1.71 bits per heavy atom. The highest BCUT2D eigenvalue weighted by Crippen LogP contribution is 2.35. The van der Waals surface area contributed by atoms with Gasteiger partial charge in [0.2, 0.25) is 11.4 Å². The molecule has 68 heavy (non-hydrogen) atoms. The van der Waals surface area contributed by atoms with Gasteiger partial charge in [-0.2, -0.15) is 4.57 Å². The number of pyridine rings is 1. The van der Waals surface area contributed by atoms with Crippen molar-refractivity contribution < 1.29 is 53.9 Å². The molecule has 1 aliphatic rings. The standard InChI is InChI=1S/C50H62BN7O10/c1-35(37-11-5-4-6-12-37)38(40-14-9-10-16-43(40)51(67)68)19-20-52-50(66)49-41-15-8-7-13-39(41)42-29-36(17-18-44(42)54(49)3)30-53(2)45(59)31-55-21-23-56(32-46(60)61)25-27-58(34-48(64)65)28-26-57(24-22-55)33-47(62)63/h4-18,29,35,38,67-68H,19-28,30-34H2,1-3H3,(H3-,52,60,61,62,63,64,65,66)/p+1. The van der Waals surface area contributed by atoms with Gasteiger partial charge in [0.05, 0.1) is 37.0 Å². The Hall–Kier alpha value is -6.28. The van der Waals surface area contributed by atoms with Crippen molar-refractivity contribution in [2.24, 2.45) is 7.05 Å². The Morgan fingerprint density at radius 1 is 0.662 bits per heavy atom. The summed E-state index contributed by atoms with van der Waals surface area (Å²) in [6.07, 6.45) is 0.537. The van der Waals surface area contributed by atoms with Crippen molar-refractivity contribution in [3.05, 3.63) is 119 Å². The van der Waals surface area contributed by atoms with E-state index < -0.39 is 25.0 Å². The third kappa shape index (κ3) is 13.7. The number of likely N-dealkylation sites (N-methyl/N-ethyl adjacent to an activating group) is 1. The maximum atomic E-state index is 14.3. The normalized spacial score (nSPS) is 15.8. The van der Waals surface area contributed by atoms with Crippen LogP contribution >= 0.6 is 0 Å². The van der Waals surface area contributed by atoms with Crippen LogP contribution in [-0.4, -0.2) is 179 Å². The lowest BCUT2D eigenvalue weighted by Crippen LogP contribution is -2.49. The molecule has 1 aromatic heterocycles. The zero-order chi connectivity index (χ0) is 48.9. The average Bonchev–Trinajstić information content (AvgIpc) is 3.30. The molecule has 6 N–H and O–H groups in total. The topological polar surface area (TPSA) is 219 Å². The SMILES string of the molecule is CC(c1ccccc1)C(CCNC(=O)c1c2ccccc2c2cc(CN(C)C(=O)CN3CCN(CC(=O)O)CCN(CC(=O)O)CCN(CC(=O)O)CC3)ccc2[n+]1C)c1ccccc1B(O)O. The summed E-state index contributed by atoms with van der Waals surface area (Å²) in [5.41, 5.74) is 4.51. The lowest BCUT2D eigenvalue weighted by Gasteiger charge is -2.33. The molecule has 2 unspecified atom stereocenters. The van der Waals surface area contributed by atoms with Gasteiger partial charge in [-0.3, -0.25) is 43.6 Å². The molecule has 360 valence electrons. The number of aromatic nitrogens is 1. The van der Waals surface area contributed by atoms with E-state index >= 15 is 0 Å².